The number of fused-ring (bicyclic) bond motifs is 1. The molecular weight excluding hydrogens is 354 g/mol. The van der Waals surface area contributed by atoms with Gasteiger partial charge in [0.1, 0.15) is 0 Å². The first-order valence-electron chi connectivity index (χ1n) is 7.77. The number of nitro groups is 1. The Kier molecular flexibility index (Phi) is 5.24. The van der Waals surface area contributed by atoms with Crippen molar-refractivity contribution in [2.75, 3.05) is 0 Å². The van der Waals surface area contributed by atoms with Crippen LogP contribution in [0, 0.1) is 10.1 Å². The Labute approximate surface area is 154 Å². The first kappa shape index (κ1) is 17.6. The van der Waals surface area contributed by atoms with Crippen molar-refractivity contribution in [2.24, 2.45) is 5.10 Å². The predicted octanol–water partition coefficient (Wildman–Crippen LogP) is 4.09. The molecule has 0 aromatic heterocycles. The molecule has 0 atom stereocenters. The van der Waals surface area contributed by atoms with E-state index in [2.05, 4.69) is 10.5 Å². The summed E-state index contributed by atoms with van der Waals surface area (Å²) in [4.78, 5) is 22.4. The highest BCUT2D eigenvalue weighted by Gasteiger charge is 2.09. The zero-order chi connectivity index (χ0) is 18.5. The number of halogens is 1. The number of nitrogens with one attached hydrogen (secondary N) is 1. The van der Waals surface area contributed by atoms with Gasteiger partial charge in [0.25, 0.3) is 5.69 Å². The molecule has 3 aromatic rings. The van der Waals surface area contributed by atoms with E-state index in [1.165, 1.54) is 24.4 Å². The molecule has 0 unspecified atom stereocenters. The van der Waals surface area contributed by atoms with E-state index in [9.17, 15) is 14.9 Å². The molecule has 26 heavy (non-hydrogen) atoms. The number of benzene rings is 3. The molecule has 0 radical (unpaired) electrons. The zero-order valence-corrected chi connectivity index (χ0v) is 14.3. The lowest BCUT2D eigenvalue weighted by molar-refractivity contribution is -0.384. The highest BCUT2D eigenvalue weighted by atomic mass is 35.5. The standard InChI is InChI=1S/C19H14ClN3O3/c20-18-9-8-16(23(25)26)10-15(18)12-21-22-19(24)11-14-6-3-5-13-4-1-2-7-17(13)14/h1-10,12H,11H2,(H,22,24)/b21-12+. The van der Waals surface area contributed by atoms with Gasteiger partial charge in [0.15, 0.2) is 0 Å². The summed E-state index contributed by atoms with van der Waals surface area (Å²) in [6.07, 6.45) is 1.46. The Balaban J connectivity index is 1.70. The number of carbonyl (C=O) groups excluding carboxylic acids is 1. The maximum absolute atomic E-state index is 12.1. The van der Waals surface area contributed by atoms with Gasteiger partial charge in [-0.15, -0.1) is 0 Å². The first-order chi connectivity index (χ1) is 12.5. The summed E-state index contributed by atoms with van der Waals surface area (Å²) in [6, 6.07) is 17.6. The van der Waals surface area contributed by atoms with Crippen molar-refractivity contribution in [3.05, 3.63) is 86.9 Å². The predicted molar refractivity (Wildman–Crippen MR) is 101 cm³/mol. The van der Waals surface area contributed by atoms with E-state index < -0.39 is 4.92 Å². The molecule has 0 bridgehead atoms. The number of hydrazone groups is 1. The van der Waals surface area contributed by atoms with Crippen molar-refractivity contribution >= 4 is 40.2 Å². The van der Waals surface area contributed by atoms with Crippen LogP contribution >= 0.6 is 11.6 Å². The van der Waals surface area contributed by atoms with E-state index in [0.29, 0.717) is 10.6 Å². The lowest BCUT2D eigenvalue weighted by Gasteiger charge is -2.05. The number of amides is 1. The second-order valence-corrected chi connectivity index (χ2v) is 5.98. The maximum Gasteiger partial charge on any atom is 0.270 e. The molecule has 1 N–H and O–H groups in total. The molecule has 6 nitrogen and oxygen atoms in total. The third-order valence-corrected chi connectivity index (χ3v) is 4.16. The van der Waals surface area contributed by atoms with E-state index in [1.54, 1.807) is 0 Å². The number of rotatable bonds is 5. The molecule has 0 saturated carbocycles. The van der Waals surface area contributed by atoms with Crippen LogP contribution in [0.1, 0.15) is 11.1 Å². The van der Waals surface area contributed by atoms with Crippen LogP contribution in [0.4, 0.5) is 5.69 Å². The fraction of sp³-hybridized carbons (Fsp3) is 0.0526. The summed E-state index contributed by atoms with van der Waals surface area (Å²) < 4.78 is 0. The molecule has 1 amide bonds. The summed E-state index contributed by atoms with van der Waals surface area (Å²) >= 11 is 5.98. The van der Waals surface area contributed by atoms with Gasteiger partial charge in [0, 0.05) is 22.7 Å². The minimum Gasteiger partial charge on any atom is -0.273 e. The molecule has 0 fully saturated rings. The van der Waals surface area contributed by atoms with Gasteiger partial charge in [-0.25, -0.2) is 5.43 Å². The molecule has 0 spiro atoms. The average molecular weight is 368 g/mol. The second kappa shape index (κ2) is 7.76. The minimum absolute atomic E-state index is 0.0991. The van der Waals surface area contributed by atoms with Crippen molar-refractivity contribution in [1.82, 2.24) is 5.43 Å². The van der Waals surface area contributed by atoms with Crippen molar-refractivity contribution in [2.45, 2.75) is 6.42 Å². The van der Waals surface area contributed by atoms with Crippen molar-refractivity contribution in [3.8, 4) is 0 Å². The summed E-state index contributed by atoms with van der Waals surface area (Å²) in [5, 5.41) is 17.0. The quantitative estimate of drug-likeness (QED) is 0.418. The number of nitro benzene ring substituents is 1. The van der Waals surface area contributed by atoms with Crippen LogP contribution in [0.5, 0.6) is 0 Å². The molecule has 0 aliphatic rings. The largest absolute Gasteiger partial charge is 0.273 e. The van der Waals surface area contributed by atoms with Gasteiger partial charge >= 0.3 is 0 Å². The van der Waals surface area contributed by atoms with E-state index in [4.69, 9.17) is 11.6 Å². The first-order valence-corrected chi connectivity index (χ1v) is 8.15. The maximum atomic E-state index is 12.1. The van der Waals surface area contributed by atoms with E-state index in [-0.39, 0.29) is 18.0 Å². The normalized spacial score (nSPS) is 11.0. The number of hydrogen-bond acceptors (Lipinski definition) is 4. The van der Waals surface area contributed by atoms with Crippen LogP contribution in [0.15, 0.2) is 65.8 Å². The number of non-ortho nitro benzene ring substituents is 1. The number of nitrogens with zero attached hydrogens (tertiary/aromatic N) is 2. The molecule has 0 saturated heterocycles. The van der Waals surface area contributed by atoms with Gasteiger partial charge in [0.05, 0.1) is 17.6 Å². The molecule has 0 aliphatic carbocycles. The van der Waals surface area contributed by atoms with Crippen LogP contribution in [0.2, 0.25) is 5.02 Å². The second-order valence-electron chi connectivity index (χ2n) is 5.57. The van der Waals surface area contributed by atoms with Crippen LogP contribution in [0.3, 0.4) is 0 Å². The SMILES string of the molecule is O=C(Cc1cccc2ccccc12)N/N=C/c1cc([N+](=O)[O-])ccc1Cl. The van der Waals surface area contributed by atoms with Gasteiger partial charge in [-0.3, -0.25) is 14.9 Å². The van der Waals surface area contributed by atoms with Crippen LogP contribution < -0.4 is 5.43 Å². The summed E-state index contributed by atoms with van der Waals surface area (Å²) in [7, 11) is 0. The van der Waals surface area contributed by atoms with E-state index in [0.717, 1.165) is 16.3 Å². The molecular formula is C19H14ClN3O3. The topological polar surface area (TPSA) is 84.6 Å². The van der Waals surface area contributed by atoms with Crippen molar-refractivity contribution < 1.29 is 9.72 Å². The summed E-state index contributed by atoms with van der Waals surface area (Å²) in [6.45, 7) is 0. The summed E-state index contributed by atoms with van der Waals surface area (Å²) in [5.74, 6) is -0.292. The lowest BCUT2D eigenvalue weighted by Crippen LogP contribution is -2.19. The Morgan fingerprint density at radius 2 is 1.92 bits per heavy atom. The number of carbonyl (C=O) groups is 1. The molecule has 3 rings (SSSR count). The fourth-order valence-corrected chi connectivity index (χ4v) is 2.74. The molecule has 7 heteroatoms. The smallest absolute Gasteiger partial charge is 0.270 e. The highest BCUT2D eigenvalue weighted by Crippen LogP contribution is 2.21. The lowest BCUT2D eigenvalue weighted by atomic mass is 10.0. The third-order valence-electron chi connectivity index (χ3n) is 3.81. The van der Waals surface area contributed by atoms with Crippen molar-refractivity contribution in [3.63, 3.8) is 0 Å². The summed E-state index contributed by atoms with van der Waals surface area (Å²) in [5.41, 5.74) is 3.57. The Bertz CT molecular complexity index is 1010. The Hall–Kier alpha value is -3.25. The van der Waals surface area contributed by atoms with Crippen LogP contribution in [0.25, 0.3) is 10.8 Å². The third kappa shape index (κ3) is 4.04. The molecule has 0 aliphatic heterocycles. The monoisotopic (exact) mass is 367 g/mol. The van der Waals surface area contributed by atoms with Gasteiger partial charge in [-0.2, -0.15) is 5.10 Å². The Morgan fingerprint density at radius 3 is 2.73 bits per heavy atom. The van der Waals surface area contributed by atoms with Crippen LogP contribution in [-0.2, 0) is 11.2 Å². The van der Waals surface area contributed by atoms with Gasteiger partial charge in [-0.1, -0.05) is 54.1 Å². The van der Waals surface area contributed by atoms with Crippen LogP contribution in [-0.4, -0.2) is 17.0 Å². The minimum atomic E-state index is -0.521. The van der Waals surface area contributed by atoms with Gasteiger partial charge < -0.3 is 0 Å². The highest BCUT2D eigenvalue weighted by molar-refractivity contribution is 6.33. The molecule has 3 aromatic carbocycles. The molecule has 0 heterocycles. The average Bonchev–Trinajstić information content (AvgIpc) is 2.63. The Morgan fingerprint density at radius 1 is 1.15 bits per heavy atom. The van der Waals surface area contributed by atoms with E-state index >= 15 is 0 Å². The van der Waals surface area contributed by atoms with E-state index in [1.807, 2.05) is 42.5 Å². The molecule has 130 valence electrons. The van der Waals surface area contributed by atoms with Crippen molar-refractivity contribution in [1.29, 1.82) is 0 Å². The van der Waals surface area contributed by atoms with Gasteiger partial charge in [-0.05, 0) is 22.4 Å². The zero-order valence-electron chi connectivity index (χ0n) is 13.6. The van der Waals surface area contributed by atoms with Gasteiger partial charge in [0.2, 0.25) is 5.91 Å². The number of hydrogen-bond donors (Lipinski definition) is 1. The fourth-order valence-electron chi connectivity index (χ4n) is 2.58.